The number of amides is 1. The third kappa shape index (κ3) is 3.78. The van der Waals surface area contributed by atoms with Gasteiger partial charge in [-0.25, -0.2) is 0 Å². The number of fused-ring (bicyclic) bond motifs is 1. The summed E-state index contributed by atoms with van der Waals surface area (Å²) in [6.07, 6.45) is 4.11. The first-order valence-corrected chi connectivity index (χ1v) is 11.7. The Kier molecular flexibility index (Phi) is 5.45. The molecule has 5 heteroatoms. The quantitative estimate of drug-likeness (QED) is 0.253. The predicted molar refractivity (Wildman–Crippen MR) is 139 cm³/mol. The van der Waals surface area contributed by atoms with Crippen LogP contribution in [0.3, 0.4) is 0 Å². The van der Waals surface area contributed by atoms with Gasteiger partial charge in [-0.05, 0) is 48.7 Å². The van der Waals surface area contributed by atoms with E-state index in [4.69, 9.17) is 12.2 Å². The summed E-state index contributed by atoms with van der Waals surface area (Å²) >= 11 is 6.97. The van der Waals surface area contributed by atoms with Gasteiger partial charge in [-0.3, -0.25) is 9.69 Å². The molecule has 1 amide bonds. The van der Waals surface area contributed by atoms with E-state index in [1.54, 1.807) is 4.90 Å². The van der Waals surface area contributed by atoms with Crippen LogP contribution in [0.15, 0.2) is 83.9 Å². The number of carbonyl (C=O) groups excluding carboxylic acids is 1. The van der Waals surface area contributed by atoms with E-state index in [1.807, 2.05) is 56.3 Å². The molecule has 0 radical (unpaired) electrons. The fourth-order valence-electron chi connectivity index (χ4n) is 4.08. The molecule has 3 nitrogen and oxygen atoms in total. The van der Waals surface area contributed by atoms with E-state index in [1.165, 1.54) is 17.3 Å². The first kappa shape index (κ1) is 20.7. The van der Waals surface area contributed by atoms with Gasteiger partial charge >= 0.3 is 0 Å². The van der Waals surface area contributed by atoms with Crippen LogP contribution in [-0.4, -0.2) is 14.8 Å². The van der Waals surface area contributed by atoms with Crippen LogP contribution in [-0.2, 0) is 11.3 Å². The van der Waals surface area contributed by atoms with E-state index in [0.29, 0.717) is 9.23 Å². The van der Waals surface area contributed by atoms with Gasteiger partial charge in [0.1, 0.15) is 0 Å². The van der Waals surface area contributed by atoms with Crippen molar-refractivity contribution in [2.24, 2.45) is 0 Å². The summed E-state index contributed by atoms with van der Waals surface area (Å²) in [6, 6.07) is 24.8. The average Bonchev–Trinajstić information content (AvgIpc) is 3.27. The smallest absolute Gasteiger partial charge is 0.270 e. The number of rotatable bonds is 4. The van der Waals surface area contributed by atoms with Crippen molar-refractivity contribution in [3.63, 3.8) is 0 Å². The Morgan fingerprint density at radius 2 is 1.72 bits per heavy atom. The van der Waals surface area contributed by atoms with Crippen molar-refractivity contribution >= 4 is 56.9 Å². The third-order valence-corrected chi connectivity index (χ3v) is 7.00. The summed E-state index contributed by atoms with van der Waals surface area (Å²) in [5.74, 6) is -0.0615. The molecule has 4 aromatic rings. The largest absolute Gasteiger partial charge is 0.342 e. The monoisotopic (exact) mass is 454 g/mol. The normalized spacial score (nSPS) is 15.3. The Morgan fingerprint density at radius 1 is 0.969 bits per heavy atom. The average molecular weight is 455 g/mol. The number of aromatic nitrogens is 1. The van der Waals surface area contributed by atoms with Gasteiger partial charge in [0.15, 0.2) is 4.32 Å². The van der Waals surface area contributed by atoms with E-state index < -0.39 is 0 Å². The number of nitrogens with zero attached hydrogens (tertiary/aromatic N) is 2. The minimum absolute atomic E-state index is 0.0615. The fraction of sp³-hybridized carbons (Fsp3) is 0.111. The molecular formula is C27H22N2OS2. The zero-order chi connectivity index (χ0) is 22.2. The van der Waals surface area contributed by atoms with Gasteiger partial charge in [0, 0.05) is 29.2 Å². The van der Waals surface area contributed by atoms with Crippen LogP contribution >= 0.6 is 24.0 Å². The highest BCUT2D eigenvalue weighted by Crippen LogP contribution is 2.38. The standard InChI is InChI=1S/C27H22N2OS2/c1-18-12-13-19(2)24(14-18)29-26(30)25(32-27(29)31)15-21-17-28(16-20-8-4-3-5-9-20)23-11-7-6-10-22(21)23/h3-15,17H,16H2,1-2H3/b25-15-. The fourth-order valence-corrected chi connectivity index (χ4v) is 5.35. The van der Waals surface area contributed by atoms with Crippen molar-refractivity contribution in [1.29, 1.82) is 0 Å². The number of aryl methyl sites for hydroxylation is 2. The van der Waals surface area contributed by atoms with Crippen LogP contribution in [0.1, 0.15) is 22.3 Å². The number of thiocarbonyl (C=S) groups is 1. The number of hydrogen-bond acceptors (Lipinski definition) is 3. The van der Waals surface area contributed by atoms with Crippen LogP contribution in [0.4, 0.5) is 5.69 Å². The molecular weight excluding hydrogens is 432 g/mol. The predicted octanol–water partition coefficient (Wildman–Crippen LogP) is 6.71. The second-order valence-electron chi connectivity index (χ2n) is 8.02. The summed E-state index contributed by atoms with van der Waals surface area (Å²) in [7, 11) is 0. The van der Waals surface area contributed by atoms with Gasteiger partial charge in [0.05, 0.1) is 10.6 Å². The molecule has 0 spiro atoms. The summed E-state index contributed by atoms with van der Waals surface area (Å²) in [5.41, 5.74) is 6.41. The number of para-hydroxylation sites is 1. The highest BCUT2D eigenvalue weighted by Gasteiger charge is 2.34. The molecule has 0 bridgehead atoms. The van der Waals surface area contributed by atoms with Crippen molar-refractivity contribution in [2.75, 3.05) is 4.90 Å². The number of thioether (sulfide) groups is 1. The minimum Gasteiger partial charge on any atom is -0.342 e. The van der Waals surface area contributed by atoms with E-state index in [0.717, 1.165) is 39.8 Å². The van der Waals surface area contributed by atoms with Gasteiger partial charge in [-0.2, -0.15) is 0 Å². The molecule has 0 unspecified atom stereocenters. The van der Waals surface area contributed by atoms with Crippen LogP contribution in [0.2, 0.25) is 0 Å². The lowest BCUT2D eigenvalue weighted by atomic mass is 10.1. The van der Waals surface area contributed by atoms with Crippen LogP contribution in [0, 0.1) is 13.8 Å². The van der Waals surface area contributed by atoms with Crippen molar-refractivity contribution in [3.05, 3.63) is 106 Å². The lowest BCUT2D eigenvalue weighted by Crippen LogP contribution is -2.28. The second kappa shape index (κ2) is 8.41. The Bertz CT molecular complexity index is 1390. The summed E-state index contributed by atoms with van der Waals surface area (Å²) in [4.78, 5) is 15.7. The van der Waals surface area contributed by atoms with Crippen molar-refractivity contribution in [1.82, 2.24) is 4.57 Å². The van der Waals surface area contributed by atoms with Gasteiger partial charge in [0.2, 0.25) is 0 Å². The molecule has 5 rings (SSSR count). The Balaban J connectivity index is 1.54. The second-order valence-corrected chi connectivity index (χ2v) is 9.70. The highest BCUT2D eigenvalue weighted by atomic mass is 32.2. The molecule has 0 N–H and O–H groups in total. The van der Waals surface area contributed by atoms with Gasteiger partial charge in [-0.1, -0.05) is 84.6 Å². The molecule has 0 saturated carbocycles. The summed E-state index contributed by atoms with van der Waals surface area (Å²) in [6.45, 7) is 4.81. The van der Waals surface area contributed by atoms with E-state index in [2.05, 4.69) is 47.2 Å². The van der Waals surface area contributed by atoms with Crippen LogP contribution in [0.5, 0.6) is 0 Å². The van der Waals surface area contributed by atoms with Crippen molar-refractivity contribution in [2.45, 2.75) is 20.4 Å². The maximum Gasteiger partial charge on any atom is 0.270 e. The zero-order valence-electron chi connectivity index (χ0n) is 17.9. The number of anilines is 1. The van der Waals surface area contributed by atoms with Gasteiger partial charge < -0.3 is 4.57 Å². The zero-order valence-corrected chi connectivity index (χ0v) is 19.5. The molecule has 32 heavy (non-hydrogen) atoms. The summed E-state index contributed by atoms with van der Waals surface area (Å²) in [5, 5.41) is 1.13. The molecule has 1 fully saturated rings. The number of benzene rings is 3. The third-order valence-electron chi connectivity index (χ3n) is 5.70. The lowest BCUT2D eigenvalue weighted by molar-refractivity contribution is -0.113. The first-order chi connectivity index (χ1) is 15.5. The van der Waals surface area contributed by atoms with E-state index >= 15 is 0 Å². The maximum atomic E-state index is 13.4. The van der Waals surface area contributed by atoms with Crippen LogP contribution in [0.25, 0.3) is 17.0 Å². The van der Waals surface area contributed by atoms with Crippen molar-refractivity contribution < 1.29 is 4.79 Å². The topological polar surface area (TPSA) is 25.2 Å². The molecule has 0 aliphatic carbocycles. The summed E-state index contributed by atoms with van der Waals surface area (Å²) < 4.78 is 2.81. The molecule has 3 aromatic carbocycles. The number of carbonyl (C=O) groups is 1. The molecule has 1 aliphatic rings. The molecule has 1 saturated heterocycles. The molecule has 1 aliphatic heterocycles. The van der Waals surface area contributed by atoms with E-state index in [-0.39, 0.29) is 5.91 Å². The van der Waals surface area contributed by atoms with Gasteiger partial charge in [0.25, 0.3) is 5.91 Å². The molecule has 2 heterocycles. The SMILES string of the molecule is Cc1ccc(C)c(N2C(=O)/C(=C/c3cn(Cc4ccccc4)c4ccccc34)SC2=S)c1. The van der Waals surface area contributed by atoms with E-state index in [9.17, 15) is 4.79 Å². The molecule has 0 atom stereocenters. The highest BCUT2D eigenvalue weighted by molar-refractivity contribution is 8.27. The lowest BCUT2D eigenvalue weighted by Gasteiger charge is -2.17. The van der Waals surface area contributed by atoms with Crippen LogP contribution < -0.4 is 4.90 Å². The minimum atomic E-state index is -0.0615. The number of hydrogen-bond donors (Lipinski definition) is 0. The molecule has 158 valence electrons. The maximum absolute atomic E-state index is 13.4. The Morgan fingerprint density at radius 3 is 2.53 bits per heavy atom. The Hall–Kier alpha value is -3.15. The molecule has 1 aromatic heterocycles. The Labute approximate surface area is 197 Å². The van der Waals surface area contributed by atoms with Gasteiger partial charge in [-0.15, -0.1) is 0 Å². The first-order valence-electron chi connectivity index (χ1n) is 10.5. The van der Waals surface area contributed by atoms with Crippen molar-refractivity contribution in [3.8, 4) is 0 Å².